The van der Waals surface area contributed by atoms with Gasteiger partial charge in [0.05, 0.1) is 13.2 Å². The molecule has 1 aliphatic carbocycles. The number of rotatable bonds is 8. The summed E-state index contributed by atoms with van der Waals surface area (Å²) in [5.41, 5.74) is 0. The van der Waals surface area contributed by atoms with Crippen LogP contribution in [0.4, 0.5) is 0 Å². The Hall–Kier alpha value is -1.14. The molecule has 144 valence electrons. The maximum Gasteiger partial charge on any atom is 0.328 e. The van der Waals surface area contributed by atoms with Crippen LogP contribution in [-0.4, -0.2) is 62.3 Å². The summed E-state index contributed by atoms with van der Waals surface area (Å²) >= 11 is 0. The molecule has 1 saturated carbocycles. The Labute approximate surface area is 151 Å². The molecular weight excluding hydrogens is 320 g/mol. The Balaban J connectivity index is 1.75. The van der Waals surface area contributed by atoms with Crippen molar-refractivity contribution in [3.05, 3.63) is 0 Å². The third-order valence-corrected chi connectivity index (χ3v) is 5.46. The van der Waals surface area contributed by atoms with E-state index in [2.05, 4.69) is 17.1 Å². The molecule has 2 aliphatic rings. The van der Waals surface area contributed by atoms with E-state index >= 15 is 0 Å². The molecule has 25 heavy (non-hydrogen) atoms. The first-order valence-electron chi connectivity index (χ1n) is 9.81. The van der Waals surface area contributed by atoms with Crippen LogP contribution in [0.3, 0.4) is 0 Å². The second-order valence-electron chi connectivity index (χ2n) is 7.45. The van der Waals surface area contributed by atoms with Crippen molar-refractivity contribution in [1.29, 1.82) is 0 Å². The van der Waals surface area contributed by atoms with E-state index in [9.17, 15) is 9.59 Å². The fourth-order valence-electron chi connectivity index (χ4n) is 3.83. The minimum Gasteiger partial charge on any atom is -0.467 e. The third-order valence-electron chi connectivity index (χ3n) is 5.46. The van der Waals surface area contributed by atoms with Gasteiger partial charge in [0.2, 0.25) is 5.91 Å². The maximum absolute atomic E-state index is 12.2. The molecule has 1 aliphatic heterocycles. The molecule has 3 atom stereocenters. The topological polar surface area (TPSA) is 67.9 Å². The Kier molecular flexibility index (Phi) is 8.68. The number of carbonyl (C=O) groups is 2. The SMILES string of the molecule is COC(=O)[C@H](CCN1CCCCC1)NC(=O)CO[C@@H]1CCCC[C@@H]1C. The van der Waals surface area contributed by atoms with Crippen molar-refractivity contribution in [3.8, 4) is 0 Å². The number of amides is 1. The van der Waals surface area contributed by atoms with Gasteiger partial charge in [0, 0.05) is 6.54 Å². The summed E-state index contributed by atoms with van der Waals surface area (Å²) in [6, 6.07) is -0.591. The first-order valence-corrected chi connectivity index (χ1v) is 9.81. The number of likely N-dealkylation sites (tertiary alicyclic amines) is 1. The van der Waals surface area contributed by atoms with E-state index in [1.807, 2.05) is 0 Å². The fourth-order valence-corrected chi connectivity index (χ4v) is 3.83. The summed E-state index contributed by atoms with van der Waals surface area (Å²) in [4.78, 5) is 26.6. The molecule has 1 amide bonds. The van der Waals surface area contributed by atoms with Crippen LogP contribution in [0.5, 0.6) is 0 Å². The number of methoxy groups -OCH3 is 1. The van der Waals surface area contributed by atoms with Gasteiger partial charge in [0.15, 0.2) is 0 Å². The van der Waals surface area contributed by atoms with Gasteiger partial charge in [-0.2, -0.15) is 0 Å². The predicted molar refractivity (Wildman–Crippen MR) is 96.2 cm³/mol. The minimum atomic E-state index is -0.591. The van der Waals surface area contributed by atoms with Crippen LogP contribution in [0.1, 0.15) is 58.3 Å². The highest BCUT2D eigenvalue weighted by Gasteiger charge is 2.25. The zero-order valence-electron chi connectivity index (χ0n) is 15.8. The standard InChI is InChI=1S/C19H34N2O4/c1-15-8-4-5-9-17(15)25-14-18(22)20-16(19(23)24-2)10-13-21-11-6-3-7-12-21/h15-17H,3-14H2,1-2H3,(H,20,22)/t15-,16-,17+/m0/s1. The van der Waals surface area contributed by atoms with Gasteiger partial charge in [0.25, 0.3) is 0 Å². The van der Waals surface area contributed by atoms with E-state index in [0.29, 0.717) is 12.3 Å². The molecule has 0 radical (unpaired) electrons. The van der Waals surface area contributed by atoms with Gasteiger partial charge in [-0.05, 0) is 51.1 Å². The number of hydrogen-bond acceptors (Lipinski definition) is 5. The molecule has 1 saturated heterocycles. The molecule has 2 rings (SSSR count). The molecule has 0 spiro atoms. The molecule has 2 fully saturated rings. The van der Waals surface area contributed by atoms with E-state index in [4.69, 9.17) is 9.47 Å². The van der Waals surface area contributed by atoms with Crippen molar-refractivity contribution in [1.82, 2.24) is 10.2 Å². The van der Waals surface area contributed by atoms with Crippen LogP contribution >= 0.6 is 0 Å². The van der Waals surface area contributed by atoms with Crippen LogP contribution in [0.25, 0.3) is 0 Å². The summed E-state index contributed by atoms with van der Waals surface area (Å²) in [6.07, 6.45) is 9.03. The summed E-state index contributed by atoms with van der Waals surface area (Å²) < 4.78 is 10.6. The monoisotopic (exact) mass is 354 g/mol. The molecule has 0 aromatic heterocycles. The van der Waals surface area contributed by atoms with Crippen molar-refractivity contribution in [2.24, 2.45) is 5.92 Å². The molecule has 6 nitrogen and oxygen atoms in total. The van der Waals surface area contributed by atoms with Gasteiger partial charge < -0.3 is 19.7 Å². The maximum atomic E-state index is 12.2. The predicted octanol–water partition coefficient (Wildman–Crippen LogP) is 2.12. The quantitative estimate of drug-likeness (QED) is 0.676. The molecule has 1 N–H and O–H groups in total. The highest BCUT2D eigenvalue weighted by molar-refractivity contribution is 5.85. The summed E-state index contributed by atoms with van der Waals surface area (Å²) in [7, 11) is 1.36. The number of ether oxygens (including phenoxy) is 2. The van der Waals surface area contributed by atoms with E-state index < -0.39 is 6.04 Å². The number of nitrogens with one attached hydrogen (secondary N) is 1. The highest BCUT2D eigenvalue weighted by atomic mass is 16.5. The molecule has 0 unspecified atom stereocenters. The van der Waals surface area contributed by atoms with Gasteiger partial charge >= 0.3 is 5.97 Å². The first kappa shape index (κ1) is 20.2. The smallest absolute Gasteiger partial charge is 0.328 e. The normalized spacial score (nSPS) is 26.0. The number of carbonyl (C=O) groups excluding carboxylic acids is 2. The Bertz CT molecular complexity index is 424. The lowest BCUT2D eigenvalue weighted by Crippen LogP contribution is -2.46. The van der Waals surface area contributed by atoms with Gasteiger partial charge in [-0.25, -0.2) is 4.79 Å². The van der Waals surface area contributed by atoms with Crippen LogP contribution in [0.2, 0.25) is 0 Å². The van der Waals surface area contributed by atoms with Crippen molar-refractivity contribution < 1.29 is 19.1 Å². The molecule has 0 aromatic carbocycles. The lowest BCUT2D eigenvalue weighted by Gasteiger charge is -2.29. The molecule has 0 bridgehead atoms. The summed E-state index contributed by atoms with van der Waals surface area (Å²) in [6.45, 7) is 5.15. The Morgan fingerprint density at radius 1 is 1.12 bits per heavy atom. The van der Waals surface area contributed by atoms with Gasteiger partial charge in [-0.15, -0.1) is 0 Å². The Morgan fingerprint density at radius 3 is 2.52 bits per heavy atom. The largest absolute Gasteiger partial charge is 0.467 e. The summed E-state index contributed by atoms with van der Waals surface area (Å²) in [5, 5.41) is 2.80. The number of hydrogen-bond donors (Lipinski definition) is 1. The van der Waals surface area contributed by atoms with Crippen molar-refractivity contribution in [2.45, 2.75) is 70.4 Å². The van der Waals surface area contributed by atoms with Gasteiger partial charge in [0.1, 0.15) is 12.6 Å². The highest BCUT2D eigenvalue weighted by Crippen LogP contribution is 2.26. The lowest BCUT2D eigenvalue weighted by molar-refractivity contribution is -0.146. The van der Waals surface area contributed by atoms with Gasteiger partial charge in [-0.3, -0.25) is 4.79 Å². The minimum absolute atomic E-state index is 0.0201. The fraction of sp³-hybridized carbons (Fsp3) is 0.895. The Morgan fingerprint density at radius 2 is 1.84 bits per heavy atom. The van der Waals surface area contributed by atoms with Crippen LogP contribution in [0, 0.1) is 5.92 Å². The van der Waals surface area contributed by atoms with Crippen molar-refractivity contribution in [2.75, 3.05) is 33.4 Å². The zero-order valence-corrected chi connectivity index (χ0v) is 15.8. The number of piperidine rings is 1. The van der Waals surface area contributed by atoms with Crippen LogP contribution < -0.4 is 5.32 Å². The second-order valence-corrected chi connectivity index (χ2v) is 7.45. The van der Waals surface area contributed by atoms with E-state index in [-0.39, 0.29) is 24.6 Å². The molecule has 0 aromatic rings. The second kappa shape index (κ2) is 10.8. The molecular formula is C19H34N2O4. The number of nitrogens with zero attached hydrogens (tertiary/aromatic N) is 1. The first-order chi connectivity index (χ1) is 12.1. The van der Waals surface area contributed by atoms with E-state index in [1.54, 1.807) is 0 Å². The van der Waals surface area contributed by atoms with Crippen LogP contribution in [0.15, 0.2) is 0 Å². The van der Waals surface area contributed by atoms with Crippen LogP contribution in [-0.2, 0) is 19.1 Å². The van der Waals surface area contributed by atoms with Crippen molar-refractivity contribution >= 4 is 11.9 Å². The van der Waals surface area contributed by atoms with Gasteiger partial charge in [-0.1, -0.05) is 26.2 Å². The number of esters is 1. The van der Waals surface area contributed by atoms with E-state index in [1.165, 1.54) is 32.8 Å². The van der Waals surface area contributed by atoms with E-state index in [0.717, 1.165) is 38.9 Å². The molecule has 1 heterocycles. The average Bonchev–Trinajstić information content (AvgIpc) is 2.64. The third kappa shape index (κ3) is 6.94. The molecule has 6 heteroatoms. The average molecular weight is 354 g/mol. The summed E-state index contributed by atoms with van der Waals surface area (Å²) in [5.74, 6) is -0.111. The lowest BCUT2D eigenvalue weighted by atomic mass is 9.88. The van der Waals surface area contributed by atoms with Crippen molar-refractivity contribution in [3.63, 3.8) is 0 Å². The zero-order chi connectivity index (χ0) is 18.1.